The van der Waals surface area contributed by atoms with Crippen molar-refractivity contribution in [1.29, 1.82) is 0 Å². The molecule has 3 rings (SSSR count). The monoisotopic (exact) mass is 361 g/mol. The van der Waals surface area contributed by atoms with E-state index in [4.69, 9.17) is 20.9 Å². The van der Waals surface area contributed by atoms with E-state index in [1.165, 1.54) is 31.7 Å². The Morgan fingerprint density at radius 3 is 2.88 bits per heavy atom. The van der Waals surface area contributed by atoms with Crippen molar-refractivity contribution in [3.05, 3.63) is 64.9 Å². The summed E-state index contributed by atoms with van der Waals surface area (Å²) in [5.74, 6) is -0.595. The van der Waals surface area contributed by atoms with Crippen LogP contribution in [0.15, 0.2) is 47.3 Å². The summed E-state index contributed by atoms with van der Waals surface area (Å²) < 4.78 is 23.6. The van der Waals surface area contributed by atoms with E-state index in [-0.39, 0.29) is 23.4 Å². The summed E-state index contributed by atoms with van der Waals surface area (Å²) in [5, 5.41) is 6.64. The van der Waals surface area contributed by atoms with Crippen LogP contribution in [0.2, 0.25) is 5.02 Å². The van der Waals surface area contributed by atoms with Gasteiger partial charge < -0.3 is 14.6 Å². The van der Waals surface area contributed by atoms with E-state index in [1.807, 2.05) is 0 Å². The highest BCUT2D eigenvalue weighted by molar-refractivity contribution is 6.30. The number of carbonyl (C=O) groups is 1. The number of nitrogens with one attached hydrogen (secondary N) is 1. The fourth-order valence-electron chi connectivity index (χ4n) is 2.26. The summed E-state index contributed by atoms with van der Waals surface area (Å²) in [5.41, 5.74) is 1.80. The molecule has 128 valence electrons. The molecule has 1 amide bonds. The zero-order valence-electron chi connectivity index (χ0n) is 13.1. The number of aromatic nitrogens is 2. The molecule has 0 saturated heterocycles. The van der Waals surface area contributed by atoms with Gasteiger partial charge in [-0.1, -0.05) is 16.8 Å². The van der Waals surface area contributed by atoms with Crippen molar-refractivity contribution in [2.45, 2.75) is 6.54 Å². The average molecular weight is 362 g/mol. The average Bonchev–Trinajstić information content (AvgIpc) is 3.11. The summed E-state index contributed by atoms with van der Waals surface area (Å²) in [7, 11) is 1.44. The van der Waals surface area contributed by atoms with Gasteiger partial charge in [0.2, 0.25) is 5.88 Å². The molecule has 0 aliphatic heterocycles. The van der Waals surface area contributed by atoms with Crippen LogP contribution >= 0.6 is 11.6 Å². The van der Waals surface area contributed by atoms with Crippen molar-refractivity contribution < 1.29 is 18.4 Å². The van der Waals surface area contributed by atoms with Gasteiger partial charge in [-0.2, -0.15) is 0 Å². The third kappa shape index (κ3) is 3.95. The van der Waals surface area contributed by atoms with Crippen LogP contribution in [0, 0.1) is 5.82 Å². The van der Waals surface area contributed by atoms with Crippen molar-refractivity contribution in [1.82, 2.24) is 15.5 Å². The van der Waals surface area contributed by atoms with Crippen molar-refractivity contribution in [2.75, 3.05) is 7.11 Å². The number of hydrogen-bond donors (Lipinski definition) is 1. The van der Waals surface area contributed by atoms with E-state index in [9.17, 15) is 9.18 Å². The standard InChI is InChI=1S/C17H13ClFN3O3/c1-24-17-15(10-4-12(18)7-13(19)5-10)6-11(8-21-17)16(23)20-9-14-2-3-25-22-14/h2-8H,9H2,1H3,(H,20,23). The van der Waals surface area contributed by atoms with Gasteiger partial charge in [-0.05, 0) is 29.8 Å². The van der Waals surface area contributed by atoms with Crippen LogP contribution < -0.4 is 10.1 Å². The fraction of sp³-hybridized carbons (Fsp3) is 0.118. The molecule has 2 aromatic heterocycles. The summed E-state index contributed by atoms with van der Waals surface area (Å²) in [6, 6.07) is 7.27. The van der Waals surface area contributed by atoms with E-state index in [0.29, 0.717) is 22.4 Å². The first kappa shape index (κ1) is 16.9. The maximum atomic E-state index is 13.6. The number of amides is 1. The van der Waals surface area contributed by atoms with Gasteiger partial charge in [0.15, 0.2) is 0 Å². The molecule has 0 saturated carbocycles. The number of halogens is 2. The van der Waals surface area contributed by atoms with Gasteiger partial charge >= 0.3 is 0 Å². The van der Waals surface area contributed by atoms with Crippen molar-refractivity contribution in [3.63, 3.8) is 0 Å². The molecule has 0 unspecified atom stereocenters. The number of methoxy groups -OCH3 is 1. The predicted molar refractivity (Wildman–Crippen MR) is 88.9 cm³/mol. The molecule has 0 aliphatic rings. The van der Waals surface area contributed by atoms with E-state index < -0.39 is 5.82 Å². The first-order valence-corrected chi connectivity index (χ1v) is 7.62. The number of hydrogen-bond acceptors (Lipinski definition) is 5. The van der Waals surface area contributed by atoms with Crippen LogP contribution in [0.3, 0.4) is 0 Å². The second-order valence-electron chi connectivity index (χ2n) is 5.11. The molecule has 6 nitrogen and oxygen atoms in total. The third-order valence-electron chi connectivity index (χ3n) is 3.40. The largest absolute Gasteiger partial charge is 0.481 e. The Morgan fingerprint density at radius 2 is 2.20 bits per heavy atom. The van der Waals surface area contributed by atoms with E-state index in [2.05, 4.69) is 15.5 Å². The SMILES string of the molecule is COc1ncc(C(=O)NCc2ccon2)cc1-c1cc(F)cc(Cl)c1. The maximum absolute atomic E-state index is 13.6. The Morgan fingerprint density at radius 1 is 1.36 bits per heavy atom. The minimum Gasteiger partial charge on any atom is -0.481 e. The van der Waals surface area contributed by atoms with Gasteiger partial charge in [0.1, 0.15) is 17.8 Å². The molecule has 0 atom stereocenters. The van der Waals surface area contributed by atoms with Gasteiger partial charge in [0.25, 0.3) is 5.91 Å². The summed E-state index contributed by atoms with van der Waals surface area (Å²) in [4.78, 5) is 16.4. The van der Waals surface area contributed by atoms with Crippen molar-refractivity contribution in [3.8, 4) is 17.0 Å². The molecule has 2 heterocycles. The Balaban J connectivity index is 1.90. The molecule has 0 spiro atoms. The molecule has 0 aliphatic carbocycles. The van der Waals surface area contributed by atoms with Crippen molar-refractivity contribution >= 4 is 17.5 Å². The minimum atomic E-state index is -0.495. The number of nitrogens with zero attached hydrogens (tertiary/aromatic N) is 2. The quantitative estimate of drug-likeness (QED) is 0.753. The van der Waals surface area contributed by atoms with E-state index in [1.54, 1.807) is 18.2 Å². The van der Waals surface area contributed by atoms with E-state index >= 15 is 0 Å². The van der Waals surface area contributed by atoms with Crippen LogP contribution in [0.4, 0.5) is 4.39 Å². The smallest absolute Gasteiger partial charge is 0.253 e. The Hall–Kier alpha value is -2.93. The molecule has 0 radical (unpaired) electrons. The molecule has 3 aromatic rings. The van der Waals surface area contributed by atoms with Crippen LogP contribution in [-0.2, 0) is 6.54 Å². The lowest BCUT2D eigenvalue weighted by atomic mass is 10.0. The number of benzene rings is 1. The van der Waals surface area contributed by atoms with Gasteiger partial charge in [-0.25, -0.2) is 9.37 Å². The number of carbonyl (C=O) groups excluding carboxylic acids is 1. The molecular weight excluding hydrogens is 349 g/mol. The Kier molecular flexibility index (Phi) is 4.95. The molecule has 25 heavy (non-hydrogen) atoms. The number of ether oxygens (including phenoxy) is 1. The lowest BCUT2D eigenvalue weighted by Crippen LogP contribution is -2.23. The summed E-state index contributed by atoms with van der Waals surface area (Å²) >= 11 is 5.91. The summed E-state index contributed by atoms with van der Waals surface area (Å²) in [6.45, 7) is 0.211. The van der Waals surface area contributed by atoms with Crippen LogP contribution in [-0.4, -0.2) is 23.2 Å². The molecule has 8 heteroatoms. The molecule has 1 N–H and O–H groups in total. The first-order valence-electron chi connectivity index (χ1n) is 7.25. The summed E-state index contributed by atoms with van der Waals surface area (Å²) in [6.07, 6.45) is 2.80. The van der Waals surface area contributed by atoms with Crippen molar-refractivity contribution in [2.24, 2.45) is 0 Å². The topological polar surface area (TPSA) is 77.2 Å². The Labute approximate surface area is 147 Å². The second kappa shape index (κ2) is 7.31. The maximum Gasteiger partial charge on any atom is 0.253 e. The minimum absolute atomic E-state index is 0.211. The van der Waals surface area contributed by atoms with Crippen LogP contribution in [0.1, 0.15) is 16.1 Å². The lowest BCUT2D eigenvalue weighted by molar-refractivity contribution is 0.0949. The third-order valence-corrected chi connectivity index (χ3v) is 3.62. The van der Waals surface area contributed by atoms with E-state index in [0.717, 1.165) is 0 Å². The zero-order valence-corrected chi connectivity index (χ0v) is 13.9. The first-order chi connectivity index (χ1) is 12.1. The molecular formula is C17H13ClFN3O3. The fourth-order valence-corrected chi connectivity index (χ4v) is 2.48. The van der Waals surface area contributed by atoms with Crippen LogP contribution in [0.25, 0.3) is 11.1 Å². The number of pyridine rings is 1. The van der Waals surface area contributed by atoms with Gasteiger partial charge in [-0.3, -0.25) is 4.79 Å². The number of rotatable bonds is 5. The normalized spacial score (nSPS) is 10.5. The van der Waals surface area contributed by atoms with Gasteiger partial charge in [0, 0.05) is 22.8 Å². The molecule has 0 bridgehead atoms. The molecule has 1 aromatic carbocycles. The van der Waals surface area contributed by atoms with Crippen LogP contribution in [0.5, 0.6) is 5.88 Å². The lowest BCUT2D eigenvalue weighted by Gasteiger charge is -2.10. The van der Waals surface area contributed by atoms with Gasteiger partial charge in [0.05, 0.1) is 19.2 Å². The highest BCUT2D eigenvalue weighted by Crippen LogP contribution is 2.31. The Bertz CT molecular complexity index is 880. The zero-order chi connectivity index (χ0) is 17.8. The second-order valence-corrected chi connectivity index (χ2v) is 5.55. The highest BCUT2D eigenvalue weighted by atomic mass is 35.5. The predicted octanol–water partition coefficient (Wildman–Crippen LogP) is 3.47. The highest BCUT2D eigenvalue weighted by Gasteiger charge is 2.14. The van der Waals surface area contributed by atoms with Gasteiger partial charge in [-0.15, -0.1) is 0 Å². The molecule has 0 fully saturated rings.